The molecular formula is C10H15N3O2. The number of hydrogen-bond acceptors (Lipinski definition) is 5. The lowest BCUT2D eigenvalue weighted by molar-refractivity contribution is 0.0834. The average molecular weight is 209 g/mol. The van der Waals surface area contributed by atoms with Crippen LogP contribution in [-0.2, 0) is 11.3 Å². The molecule has 15 heavy (non-hydrogen) atoms. The maximum Gasteiger partial charge on any atom is 0.223 e. The van der Waals surface area contributed by atoms with Crippen LogP contribution in [0, 0.1) is 0 Å². The Morgan fingerprint density at radius 3 is 3.07 bits per heavy atom. The second-order valence-electron chi connectivity index (χ2n) is 3.77. The zero-order valence-electron chi connectivity index (χ0n) is 8.68. The molecule has 1 heterocycles. The summed E-state index contributed by atoms with van der Waals surface area (Å²) in [5.74, 6) is 0.612. The van der Waals surface area contributed by atoms with E-state index in [-0.39, 0.29) is 6.10 Å². The molecule has 5 nitrogen and oxygen atoms in total. The van der Waals surface area contributed by atoms with Gasteiger partial charge in [0.25, 0.3) is 0 Å². The first kappa shape index (κ1) is 10.3. The van der Waals surface area contributed by atoms with E-state index in [1.54, 1.807) is 13.3 Å². The molecule has 2 rings (SSSR count). The Balaban J connectivity index is 1.93. The van der Waals surface area contributed by atoms with E-state index in [4.69, 9.17) is 9.84 Å². The lowest BCUT2D eigenvalue weighted by atomic mass is 9.90. The number of aliphatic hydroxyl groups excluding tert-OH is 1. The molecular weight excluding hydrogens is 194 g/mol. The van der Waals surface area contributed by atoms with Crippen molar-refractivity contribution in [1.29, 1.82) is 0 Å². The summed E-state index contributed by atoms with van der Waals surface area (Å²) in [5, 5.41) is 12.3. The summed E-state index contributed by atoms with van der Waals surface area (Å²) < 4.78 is 4.99. The van der Waals surface area contributed by atoms with Crippen molar-refractivity contribution in [2.75, 3.05) is 12.4 Å². The monoisotopic (exact) mass is 209 g/mol. The molecule has 1 aliphatic rings. The number of nitrogens with zero attached hydrogens (tertiary/aromatic N) is 2. The number of aliphatic hydroxyl groups is 1. The standard InChI is InChI=1S/C10H15N3O2/c1-15-6-7-2-3-11-10(12-7)13-8-4-9(14)5-8/h2-3,8-9,14H,4-6H2,1H3,(H,11,12,13)/t8-,9-. The van der Waals surface area contributed by atoms with Gasteiger partial charge in [0, 0.05) is 19.3 Å². The van der Waals surface area contributed by atoms with Gasteiger partial charge in [0.2, 0.25) is 5.95 Å². The highest BCUT2D eigenvalue weighted by Gasteiger charge is 2.27. The summed E-state index contributed by atoms with van der Waals surface area (Å²) in [6, 6.07) is 2.13. The number of aromatic nitrogens is 2. The van der Waals surface area contributed by atoms with Gasteiger partial charge in [0.05, 0.1) is 18.4 Å². The van der Waals surface area contributed by atoms with E-state index in [9.17, 15) is 0 Å². The van der Waals surface area contributed by atoms with Gasteiger partial charge in [-0.2, -0.15) is 0 Å². The van der Waals surface area contributed by atoms with E-state index >= 15 is 0 Å². The molecule has 0 aromatic carbocycles. The third kappa shape index (κ3) is 2.64. The summed E-state index contributed by atoms with van der Waals surface area (Å²) in [7, 11) is 1.64. The zero-order valence-corrected chi connectivity index (χ0v) is 8.68. The van der Waals surface area contributed by atoms with Crippen molar-refractivity contribution in [3.8, 4) is 0 Å². The highest BCUT2D eigenvalue weighted by molar-refractivity contribution is 5.27. The van der Waals surface area contributed by atoms with Gasteiger partial charge in [-0.15, -0.1) is 0 Å². The molecule has 0 bridgehead atoms. The minimum Gasteiger partial charge on any atom is -0.393 e. The van der Waals surface area contributed by atoms with E-state index in [1.165, 1.54) is 0 Å². The zero-order chi connectivity index (χ0) is 10.7. The van der Waals surface area contributed by atoms with Crippen LogP contribution in [0.25, 0.3) is 0 Å². The van der Waals surface area contributed by atoms with Gasteiger partial charge in [-0.3, -0.25) is 0 Å². The number of methoxy groups -OCH3 is 1. The molecule has 5 heteroatoms. The van der Waals surface area contributed by atoms with E-state index in [2.05, 4.69) is 15.3 Å². The summed E-state index contributed by atoms with van der Waals surface area (Å²) >= 11 is 0. The Morgan fingerprint density at radius 2 is 2.40 bits per heavy atom. The van der Waals surface area contributed by atoms with Gasteiger partial charge in [-0.25, -0.2) is 9.97 Å². The molecule has 0 atom stereocenters. The molecule has 0 radical (unpaired) electrons. The summed E-state index contributed by atoms with van der Waals surface area (Å²) in [5.41, 5.74) is 0.856. The Kier molecular flexibility index (Phi) is 3.13. The second kappa shape index (κ2) is 4.55. The largest absolute Gasteiger partial charge is 0.393 e. The van der Waals surface area contributed by atoms with Crippen molar-refractivity contribution >= 4 is 5.95 Å². The van der Waals surface area contributed by atoms with Crippen LogP contribution in [0.4, 0.5) is 5.95 Å². The second-order valence-corrected chi connectivity index (χ2v) is 3.77. The van der Waals surface area contributed by atoms with Crippen LogP contribution >= 0.6 is 0 Å². The normalized spacial score (nSPS) is 24.7. The SMILES string of the molecule is COCc1ccnc(N[C@H]2C[C@H](O)C2)n1. The lowest BCUT2D eigenvalue weighted by Gasteiger charge is -2.31. The molecule has 1 aromatic rings. The topological polar surface area (TPSA) is 67.3 Å². The number of rotatable bonds is 4. The molecule has 1 fully saturated rings. The minimum atomic E-state index is -0.162. The molecule has 82 valence electrons. The molecule has 1 saturated carbocycles. The first-order valence-electron chi connectivity index (χ1n) is 5.03. The van der Waals surface area contributed by atoms with E-state index in [0.29, 0.717) is 18.6 Å². The summed E-state index contributed by atoms with van der Waals surface area (Å²) in [6.45, 7) is 0.491. The smallest absolute Gasteiger partial charge is 0.223 e. The molecule has 1 aromatic heterocycles. The van der Waals surface area contributed by atoms with E-state index < -0.39 is 0 Å². The molecule has 0 amide bonds. The average Bonchev–Trinajstić information content (AvgIpc) is 2.17. The predicted molar refractivity (Wildman–Crippen MR) is 55.4 cm³/mol. The molecule has 0 saturated heterocycles. The van der Waals surface area contributed by atoms with Crippen molar-refractivity contribution < 1.29 is 9.84 Å². The number of nitrogens with one attached hydrogen (secondary N) is 1. The Labute approximate surface area is 88.5 Å². The number of ether oxygens (including phenoxy) is 1. The maximum absolute atomic E-state index is 9.13. The van der Waals surface area contributed by atoms with Crippen molar-refractivity contribution in [2.45, 2.75) is 31.6 Å². The quantitative estimate of drug-likeness (QED) is 0.758. The van der Waals surface area contributed by atoms with Gasteiger partial charge in [0.15, 0.2) is 0 Å². The van der Waals surface area contributed by atoms with E-state index in [1.807, 2.05) is 6.07 Å². The van der Waals surface area contributed by atoms with Gasteiger partial charge in [-0.05, 0) is 18.9 Å². The fraction of sp³-hybridized carbons (Fsp3) is 0.600. The fourth-order valence-corrected chi connectivity index (χ4v) is 1.58. The van der Waals surface area contributed by atoms with Gasteiger partial charge >= 0.3 is 0 Å². The Bertz CT molecular complexity index is 326. The van der Waals surface area contributed by atoms with Crippen LogP contribution in [0.3, 0.4) is 0 Å². The third-order valence-electron chi connectivity index (χ3n) is 2.45. The highest BCUT2D eigenvalue weighted by atomic mass is 16.5. The molecule has 0 aliphatic heterocycles. The molecule has 2 N–H and O–H groups in total. The van der Waals surface area contributed by atoms with Crippen molar-refractivity contribution in [3.63, 3.8) is 0 Å². The van der Waals surface area contributed by atoms with Gasteiger partial charge in [0.1, 0.15) is 0 Å². The fourth-order valence-electron chi connectivity index (χ4n) is 1.58. The predicted octanol–water partition coefficient (Wildman–Crippen LogP) is 0.558. The first-order chi connectivity index (χ1) is 7.28. The van der Waals surface area contributed by atoms with Gasteiger partial charge in [-0.1, -0.05) is 0 Å². The Morgan fingerprint density at radius 1 is 1.60 bits per heavy atom. The van der Waals surface area contributed by atoms with Crippen LogP contribution in [0.2, 0.25) is 0 Å². The van der Waals surface area contributed by atoms with Crippen LogP contribution in [0.1, 0.15) is 18.5 Å². The van der Waals surface area contributed by atoms with Crippen LogP contribution in [0.5, 0.6) is 0 Å². The van der Waals surface area contributed by atoms with Crippen LogP contribution < -0.4 is 5.32 Å². The summed E-state index contributed by atoms with van der Waals surface area (Å²) in [4.78, 5) is 8.39. The minimum absolute atomic E-state index is 0.162. The first-order valence-corrected chi connectivity index (χ1v) is 5.03. The molecule has 0 spiro atoms. The van der Waals surface area contributed by atoms with E-state index in [0.717, 1.165) is 18.5 Å². The molecule has 0 unspecified atom stereocenters. The Hall–Kier alpha value is -1.20. The van der Waals surface area contributed by atoms with Gasteiger partial charge < -0.3 is 15.2 Å². The van der Waals surface area contributed by atoms with Crippen molar-refractivity contribution in [3.05, 3.63) is 18.0 Å². The third-order valence-corrected chi connectivity index (χ3v) is 2.45. The van der Waals surface area contributed by atoms with Crippen LogP contribution in [0.15, 0.2) is 12.3 Å². The lowest BCUT2D eigenvalue weighted by Crippen LogP contribution is -2.39. The molecule has 1 aliphatic carbocycles. The van der Waals surface area contributed by atoms with Crippen molar-refractivity contribution in [1.82, 2.24) is 9.97 Å². The summed E-state index contributed by atoms with van der Waals surface area (Å²) in [6.07, 6.45) is 3.10. The maximum atomic E-state index is 9.13. The van der Waals surface area contributed by atoms with Crippen molar-refractivity contribution in [2.24, 2.45) is 0 Å². The van der Waals surface area contributed by atoms with Crippen LogP contribution in [-0.4, -0.2) is 34.3 Å². The highest BCUT2D eigenvalue weighted by Crippen LogP contribution is 2.22. The number of hydrogen-bond donors (Lipinski definition) is 2. The number of anilines is 1.